The number of aromatic nitrogens is 1. The number of likely N-dealkylation sites (tertiary alicyclic amines) is 1. The molecule has 2 aromatic rings. The Balaban J connectivity index is 1.74. The maximum Gasteiger partial charge on any atom is 0.335 e. The van der Waals surface area contributed by atoms with Gasteiger partial charge in [0.15, 0.2) is 5.60 Å². The highest BCUT2D eigenvalue weighted by molar-refractivity contribution is 5.90. The van der Waals surface area contributed by atoms with Crippen molar-refractivity contribution in [3.63, 3.8) is 0 Å². The number of carbonyl (C=O) groups excluding carboxylic acids is 1. The van der Waals surface area contributed by atoms with Gasteiger partial charge in [0.25, 0.3) is 5.69 Å². The number of benzene rings is 1. The number of aliphatic carboxylic acids is 1. The fourth-order valence-electron chi connectivity index (χ4n) is 3.04. The van der Waals surface area contributed by atoms with Crippen LogP contribution in [0.1, 0.15) is 18.4 Å². The molecule has 9 nitrogen and oxygen atoms in total. The molecule has 0 aliphatic carbocycles. The van der Waals surface area contributed by atoms with Gasteiger partial charge in [-0.2, -0.15) is 0 Å². The molecule has 1 aliphatic rings. The van der Waals surface area contributed by atoms with Crippen molar-refractivity contribution in [3.8, 4) is 0 Å². The quantitative estimate of drug-likeness (QED) is 0.558. The second-order valence-corrected chi connectivity index (χ2v) is 6.20. The fourth-order valence-corrected chi connectivity index (χ4v) is 3.04. The molecule has 1 aromatic heterocycles. The van der Waals surface area contributed by atoms with E-state index in [1.54, 1.807) is 12.3 Å². The monoisotopic (exact) mass is 347 g/mol. The third kappa shape index (κ3) is 3.18. The Kier molecular flexibility index (Phi) is 4.17. The number of hydrogen-bond donors (Lipinski definition) is 3. The number of carboxylic acids is 1. The third-order valence-corrected chi connectivity index (χ3v) is 4.64. The zero-order valence-corrected chi connectivity index (χ0v) is 13.3. The summed E-state index contributed by atoms with van der Waals surface area (Å²) >= 11 is 0. The number of aliphatic hydroxyl groups is 1. The van der Waals surface area contributed by atoms with Gasteiger partial charge in [0, 0.05) is 55.2 Å². The lowest BCUT2D eigenvalue weighted by Gasteiger charge is -2.35. The number of fused-ring (bicyclic) bond motifs is 1. The van der Waals surface area contributed by atoms with Crippen molar-refractivity contribution in [2.75, 3.05) is 13.1 Å². The second kappa shape index (κ2) is 6.17. The van der Waals surface area contributed by atoms with E-state index in [-0.39, 0.29) is 43.9 Å². The highest BCUT2D eigenvalue weighted by Gasteiger charge is 2.40. The third-order valence-electron chi connectivity index (χ3n) is 4.64. The molecule has 1 aliphatic heterocycles. The van der Waals surface area contributed by atoms with Gasteiger partial charge in [-0.1, -0.05) is 0 Å². The van der Waals surface area contributed by atoms with Crippen LogP contribution in [-0.2, 0) is 16.0 Å². The summed E-state index contributed by atoms with van der Waals surface area (Å²) in [4.78, 5) is 38.4. The Morgan fingerprint density at radius 3 is 2.60 bits per heavy atom. The van der Waals surface area contributed by atoms with E-state index in [2.05, 4.69) is 4.98 Å². The predicted octanol–water partition coefficient (Wildman–Crippen LogP) is 1.06. The van der Waals surface area contributed by atoms with Gasteiger partial charge in [0.2, 0.25) is 5.91 Å². The molecule has 0 saturated carbocycles. The van der Waals surface area contributed by atoms with E-state index in [0.717, 1.165) is 0 Å². The highest BCUT2D eigenvalue weighted by atomic mass is 16.6. The number of rotatable bonds is 4. The molecule has 0 radical (unpaired) electrons. The molecule has 1 amide bonds. The first-order valence-electron chi connectivity index (χ1n) is 7.78. The van der Waals surface area contributed by atoms with Crippen molar-refractivity contribution in [2.45, 2.75) is 24.9 Å². The number of H-pyrrole nitrogens is 1. The van der Waals surface area contributed by atoms with Crippen molar-refractivity contribution in [2.24, 2.45) is 0 Å². The average molecular weight is 347 g/mol. The number of nitrogens with zero attached hydrogens (tertiary/aromatic N) is 2. The number of aromatic amines is 1. The van der Waals surface area contributed by atoms with Gasteiger partial charge in [-0.25, -0.2) is 4.79 Å². The van der Waals surface area contributed by atoms with E-state index in [1.165, 1.54) is 17.0 Å². The summed E-state index contributed by atoms with van der Waals surface area (Å²) in [5.41, 5.74) is -0.488. The van der Waals surface area contributed by atoms with E-state index in [0.29, 0.717) is 16.5 Å². The molecule has 9 heteroatoms. The Bertz CT molecular complexity index is 851. The van der Waals surface area contributed by atoms with Crippen LogP contribution in [0.3, 0.4) is 0 Å². The van der Waals surface area contributed by atoms with Crippen LogP contribution in [0, 0.1) is 10.1 Å². The lowest BCUT2D eigenvalue weighted by atomic mass is 9.91. The van der Waals surface area contributed by atoms with E-state index in [4.69, 9.17) is 5.11 Å². The molecule has 1 fully saturated rings. The Morgan fingerprint density at radius 1 is 1.32 bits per heavy atom. The first kappa shape index (κ1) is 16.9. The van der Waals surface area contributed by atoms with E-state index in [9.17, 15) is 24.8 Å². The van der Waals surface area contributed by atoms with E-state index >= 15 is 0 Å². The van der Waals surface area contributed by atoms with Crippen LogP contribution in [0.15, 0.2) is 24.4 Å². The summed E-state index contributed by atoms with van der Waals surface area (Å²) in [6, 6.07) is 4.41. The second-order valence-electron chi connectivity index (χ2n) is 6.20. The number of carbonyl (C=O) groups is 2. The van der Waals surface area contributed by atoms with E-state index < -0.39 is 16.5 Å². The minimum Gasteiger partial charge on any atom is -0.479 e. The first-order valence-corrected chi connectivity index (χ1v) is 7.78. The van der Waals surface area contributed by atoms with Crippen molar-refractivity contribution >= 4 is 28.5 Å². The fraction of sp³-hybridized carbons (Fsp3) is 0.375. The minimum absolute atomic E-state index is 0.0204. The van der Waals surface area contributed by atoms with Crippen LogP contribution in [-0.4, -0.2) is 55.6 Å². The Labute approximate surface area is 142 Å². The van der Waals surface area contributed by atoms with Crippen LogP contribution in [0.5, 0.6) is 0 Å². The number of non-ortho nitro benzene ring substituents is 1. The number of piperidine rings is 1. The average Bonchev–Trinajstić information content (AvgIpc) is 2.97. The van der Waals surface area contributed by atoms with Crippen LogP contribution < -0.4 is 0 Å². The molecule has 25 heavy (non-hydrogen) atoms. The SMILES string of the molecule is O=C(Cc1c[nH]c2ccc([N+](=O)[O-])cc12)N1CCC(O)(C(=O)O)CC1. The summed E-state index contributed by atoms with van der Waals surface area (Å²) in [5.74, 6) is -1.48. The minimum atomic E-state index is -1.78. The van der Waals surface area contributed by atoms with Gasteiger partial charge in [-0.15, -0.1) is 0 Å². The molecule has 132 valence electrons. The highest BCUT2D eigenvalue weighted by Crippen LogP contribution is 2.26. The maximum atomic E-state index is 12.5. The summed E-state index contributed by atoms with van der Waals surface area (Å²) in [5, 5.41) is 30.5. The maximum absolute atomic E-state index is 12.5. The zero-order valence-electron chi connectivity index (χ0n) is 13.3. The van der Waals surface area contributed by atoms with Gasteiger partial charge >= 0.3 is 5.97 Å². The van der Waals surface area contributed by atoms with Gasteiger partial charge < -0.3 is 20.1 Å². The van der Waals surface area contributed by atoms with Crippen molar-refractivity contribution in [3.05, 3.63) is 40.1 Å². The molecule has 0 spiro atoms. The number of nitrogens with one attached hydrogen (secondary N) is 1. The van der Waals surface area contributed by atoms with Crippen LogP contribution in [0.25, 0.3) is 10.9 Å². The summed E-state index contributed by atoms with van der Waals surface area (Å²) in [6.07, 6.45) is 1.65. The van der Waals surface area contributed by atoms with Gasteiger partial charge in [0.05, 0.1) is 11.3 Å². The number of hydrogen-bond acceptors (Lipinski definition) is 5. The Morgan fingerprint density at radius 2 is 2.00 bits per heavy atom. The predicted molar refractivity (Wildman–Crippen MR) is 87.1 cm³/mol. The summed E-state index contributed by atoms with van der Waals surface area (Å²) in [7, 11) is 0. The van der Waals surface area contributed by atoms with Crippen molar-refractivity contribution in [1.29, 1.82) is 0 Å². The lowest BCUT2D eigenvalue weighted by molar-refractivity contribution is -0.384. The molecule has 3 N–H and O–H groups in total. The molecule has 0 unspecified atom stereocenters. The normalized spacial score (nSPS) is 16.8. The van der Waals surface area contributed by atoms with Gasteiger partial charge in [-0.3, -0.25) is 14.9 Å². The summed E-state index contributed by atoms with van der Waals surface area (Å²) < 4.78 is 0. The number of nitro groups is 1. The van der Waals surface area contributed by atoms with E-state index in [1.807, 2.05) is 0 Å². The largest absolute Gasteiger partial charge is 0.479 e. The van der Waals surface area contributed by atoms with Crippen molar-refractivity contribution < 1.29 is 24.7 Å². The zero-order chi connectivity index (χ0) is 18.2. The standard InChI is InChI=1S/C16H17N3O6/c20-14(18-5-3-16(23,4-6-18)15(21)22)7-10-9-17-13-2-1-11(19(24)25)8-12(10)13/h1-2,8-9,17,23H,3-7H2,(H,21,22). The lowest BCUT2D eigenvalue weighted by Crippen LogP contribution is -2.51. The molecular formula is C16H17N3O6. The van der Waals surface area contributed by atoms with Crippen LogP contribution >= 0.6 is 0 Å². The Hall–Kier alpha value is -2.94. The van der Waals surface area contributed by atoms with Crippen LogP contribution in [0.4, 0.5) is 5.69 Å². The molecule has 0 bridgehead atoms. The smallest absolute Gasteiger partial charge is 0.335 e. The van der Waals surface area contributed by atoms with Crippen LogP contribution in [0.2, 0.25) is 0 Å². The molecule has 1 aromatic carbocycles. The molecule has 1 saturated heterocycles. The summed E-state index contributed by atoms with van der Waals surface area (Å²) in [6.45, 7) is 0.314. The van der Waals surface area contributed by atoms with Gasteiger partial charge in [-0.05, 0) is 11.6 Å². The molecule has 3 rings (SSSR count). The molecule has 0 atom stereocenters. The van der Waals surface area contributed by atoms with Crippen molar-refractivity contribution in [1.82, 2.24) is 9.88 Å². The first-order chi connectivity index (χ1) is 11.8. The molecular weight excluding hydrogens is 330 g/mol. The number of amides is 1. The number of nitro benzene ring substituents is 1. The number of carboxylic acid groups (broad SMARTS) is 1. The van der Waals surface area contributed by atoms with Gasteiger partial charge in [0.1, 0.15) is 0 Å². The topological polar surface area (TPSA) is 137 Å². The molecule has 2 heterocycles.